The maximum absolute atomic E-state index is 14.2. The average molecular weight is 556 g/mol. The van der Waals surface area contributed by atoms with Gasteiger partial charge in [-0.25, -0.2) is 0 Å². The van der Waals surface area contributed by atoms with Gasteiger partial charge in [-0.2, -0.15) is 0 Å². The molecule has 7 heteroatoms. The second-order valence-electron chi connectivity index (χ2n) is 12.8. The molecule has 2 saturated heterocycles. The Bertz CT molecular complexity index is 1340. The van der Waals surface area contributed by atoms with Gasteiger partial charge in [0.1, 0.15) is 11.6 Å². The van der Waals surface area contributed by atoms with E-state index in [1.807, 2.05) is 66.7 Å². The van der Waals surface area contributed by atoms with Crippen LogP contribution < -0.4 is 10.6 Å². The Morgan fingerprint density at radius 1 is 1.02 bits per heavy atom. The zero-order valence-corrected chi connectivity index (χ0v) is 24.4. The van der Waals surface area contributed by atoms with Crippen LogP contribution in [0.3, 0.4) is 0 Å². The van der Waals surface area contributed by atoms with E-state index >= 15 is 0 Å². The molecule has 3 fully saturated rings. The topological polar surface area (TPSA) is 87.7 Å². The van der Waals surface area contributed by atoms with Crippen LogP contribution in [-0.4, -0.2) is 46.4 Å². The minimum atomic E-state index is -1.17. The van der Waals surface area contributed by atoms with E-state index in [0.29, 0.717) is 23.4 Å². The lowest BCUT2D eigenvalue weighted by molar-refractivity contribution is -0.142. The van der Waals surface area contributed by atoms with Crippen molar-refractivity contribution in [3.8, 4) is 0 Å². The molecule has 0 aromatic heterocycles. The molecule has 0 unspecified atom stereocenters. The lowest BCUT2D eigenvalue weighted by Gasteiger charge is -2.38. The van der Waals surface area contributed by atoms with Gasteiger partial charge >= 0.3 is 0 Å². The summed E-state index contributed by atoms with van der Waals surface area (Å²) in [6.45, 7) is 8.97. The van der Waals surface area contributed by atoms with Crippen molar-refractivity contribution in [2.45, 2.75) is 83.2 Å². The molecule has 6 rings (SSSR count). The van der Waals surface area contributed by atoms with E-state index in [9.17, 15) is 14.4 Å². The second kappa shape index (κ2) is 10.8. The molecule has 2 bridgehead atoms. The maximum atomic E-state index is 14.2. The lowest BCUT2D eigenvalue weighted by Crippen LogP contribution is -2.57. The van der Waals surface area contributed by atoms with Crippen molar-refractivity contribution in [3.05, 3.63) is 77.9 Å². The first-order chi connectivity index (χ1) is 19.7. The number of hydrogen-bond acceptors (Lipinski definition) is 4. The van der Waals surface area contributed by atoms with Gasteiger partial charge in [0.2, 0.25) is 17.7 Å². The van der Waals surface area contributed by atoms with Crippen LogP contribution in [0.2, 0.25) is 0 Å². The fourth-order valence-corrected chi connectivity index (χ4v) is 7.44. The quantitative estimate of drug-likeness (QED) is 0.469. The van der Waals surface area contributed by atoms with Crippen LogP contribution in [0.4, 0.5) is 5.69 Å². The van der Waals surface area contributed by atoms with Gasteiger partial charge in [-0.05, 0) is 47.4 Å². The summed E-state index contributed by atoms with van der Waals surface area (Å²) in [6.07, 6.45) is 6.35. The molecule has 41 heavy (non-hydrogen) atoms. The standard InChI is InChI=1S/C34H41N3O4/c1-20(2)24-13-15-25(16-14-24)35-31(38)28-27-17-18-34(41-27)29(28)33(40)37(19-23-10-6-5-7-11-23)30(34)32(39)36-26-12-8-9-21(3)22(26)4/h5-7,10-11,13-18,20-22,26-30H,8-9,12,19H2,1-4H3,(H,35,38)(H,36,39)/t21-,22-,26-,27-,28+,29-,30-,34-/m1/s1. The number of benzene rings is 2. The molecule has 3 amide bonds. The molecule has 1 aliphatic carbocycles. The van der Waals surface area contributed by atoms with E-state index in [2.05, 4.69) is 38.3 Å². The molecule has 2 N–H and O–H groups in total. The van der Waals surface area contributed by atoms with Crippen LogP contribution in [0.15, 0.2) is 66.7 Å². The molecular formula is C34H41N3O4. The van der Waals surface area contributed by atoms with Crippen LogP contribution in [-0.2, 0) is 25.7 Å². The van der Waals surface area contributed by atoms with E-state index in [1.165, 1.54) is 5.56 Å². The molecule has 1 spiro atoms. The van der Waals surface area contributed by atoms with E-state index in [-0.39, 0.29) is 30.3 Å². The SMILES string of the molecule is CC(C)c1ccc(NC(=O)[C@H]2[C@H]3C=C[C@@]4(O3)[C@H]2C(=O)N(Cc2ccccc2)[C@@H]4C(=O)N[C@@H]2CCC[C@@H](C)[C@H]2C)cc1. The van der Waals surface area contributed by atoms with Gasteiger partial charge in [0.15, 0.2) is 0 Å². The predicted molar refractivity (Wildman–Crippen MR) is 158 cm³/mol. The summed E-state index contributed by atoms with van der Waals surface area (Å²) in [7, 11) is 0. The molecule has 216 valence electrons. The Kier molecular flexibility index (Phi) is 7.26. The minimum absolute atomic E-state index is 0.0471. The molecule has 3 aliphatic heterocycles. The molecule has 2 aromatic carbocycles. The highest BCUT2D eigenvalue weighted by Crippen LogP contribution is 2.55. The highest BCUT2D eigenvalue weighted by molar-refractivity contribution is 6.02. The Morgan fingerprint density at radius 2 is 1.76 bits per heavy atom. The number of rotatable bonds is 7. The Morgan fingerprint density at radius 3 is 2.46 bits per heavy atom. The second-order valence-corrected chi connectivity index (χ2v) is 12.8. The number of likely N-dealkylation sites (tertiary alicyclic amines) is 1. The third-order valence-corrected chi connectivity index (χ3v) is 10.0. The number of nitrogens with zero attached hydrogens (tertiary/aromatic N) is 1. The molecule has 4 aliphatic rings. The average Bonchev–Trinajstić information content (AvgIpc) is 3.59. The number of hydrogen-bond donors (Lipinski definition) is 2. The lowest BCUT2D eigenvalue weighted by atomic mass is 9.73. The molecule has 7 nitrogen and oxygen atoms in total. The van der Waals surface area contributed by atoms with Gasteiger partial charge in [0.25, 0.3) is 0 Å². The van der Waals surface area contributed by atoms with Crippen molar-refractivity contribution in [1.29, 1.82) is 0 Å². The minimum Gasteiger partial charge on any atom is -0.359 e. The Labute approximate surface area is 242 Å². The van der Waals surface area contributed by atoms with Gasteiger partial charge in [0.05, 0.1) is 17.9 Å². The van der Waals surface area contributed by atoms with Gasteiger partial charge in [0, 0.05) is 18.3 Å². The summed E-state index contributed by atoms with van der Waals surface area (Å²) in [6, 6.07) is 16.7. The first-order valence-corrected chi connectivity index (χ1v) is 15.1. The summed E-state index contributed by atoms with van der Waals surface area (Å²) in [4.78, 5) is 43.8. The van der Waals surface area contributed by atoms with E-state index < -0.39 is 29.6 Å². The van der Waals surface area contributed by atoms with Crippen molar-refractivity contribution in [2.75, 3.05) is 5.32 Å². The van der Waals surface area contributed by atoms with Crippen molar-refractivity contribution >= 4 is 23.4 Å². The molecule has 3 heterocycles. The van der Waals surface area contributed by atoms with Crippen molar-refractivity contribution in [3.63, 3.8) is 0 Å². The summed E-state index contributed by atoms with van der Waals surface area (Å²) >= 11 is 0. The summed E-state index contributed by atoms with van der Waals surface area (Å²) in [5.41, 5.74) is 1.63. The highest BCUT2D eigenvalue weighted by Gasteiger charge is 2.72. The fraction of sp³-hybridized carbons (Fsp3) is 0.500. The summed E-state index contributed by atoms with van der Waals surface area (Å²) in [5, 5.41) is 6.34. The number of carbonyl (C=O) groups excluding carboxylic acids is 3. The normalized spacial score (nSPS) is 33.7. The number of amides is 3. The summed E-state index contributed by atoms with van der Waals surface area (Å²) in [5.74, 6) is -0.897. The third kappa shape index (κ3) is 4.78. The number of anilines is 1. The van der Waals surface area contributed by atoms with Crippen molar-refractivity contribution in [1.82, 2.24) is 10.2 Å². The maximum Gasteiger partial charge on any atom is 0.246 e. The number of nitrogens with one attached hydrogen (secondary N) is 2. The van der Waals surface area contributed by atoms with Crippen LogP contribution in [0.1, 0.15) is 64.0 Å². The zero-order valence-electron chi connectivity index (χ0n) is 24.4. The molecule has 0 radical (unpaired) electrons. The number of ether oxygens (including phenoxy) is 1. The van der Waals surface area contributed by atoms with Crippen LogP contribution in [0.5, 0.6) is 0 Å². The Hall–Kier alpha value is -3.45. The zero-order chi connectivity index (χ0) is 28.9. The van der Waals surface area contributed by atoms with E-state index in [1.54, 1.807) is 4.90 Å². The van der Waals surface area contributed by atoms with Crippen molar-refractivity contribution in [2.24, 2.45) is 23.7 Å². The largest absolute Gasteiger partial charge is 0.359 e. The van der Waals surface area contributed by atoms with Gasteiger partial charge in [-0.15, -0.1) is 0 Å². The van der Waals surface area contributed by atoms with Crippen LogP contribution >= 0.6 is 0 Å². The Balaban J connectivity index is 1.30. The molecule has 8 atom stereocenters. The first kappa shape index (κ1) is 27.7. The highest BCUT2D eigenvalue weighted by atomic mass is 16.5. The molecule has 2 aromatic rings. The van der Waals surface area contributed by atoms with Crippen LogP contribution in [0, 0.1) is 23.7 Å². The number of fused-ring (bicyclic) bond motifs is 1. The van der Waals surface area contributed by atoms with Crippen molar-refractivity contribution < 1.29 is 19.1 Å². The van der Waals surface area contributed by atoms with Gasteiger partial charge < -0.3 is 20.3 Å². The third-order valence-electron chi connectivity index (χ3n) is 10.0. The number of carbonyl (C=O) groups is 3. The van der Waals surface area contributed by atoms with E-state index in [0.717, 1.165) is 24.8 Å². The summed E-state index contributed by atoms with van der Waals surface area (Å²) < 4.78 is 6.52. The van der Waals surface area contributed by atoms with Gasteiger partial charge in [-0.3, -0.25) is 14.4 Å². The fourth-order valence-electron chi connectivity index (χ4n) is 7.44. The first-order valence-electron chi connectivity index (χ1n) is 15.1. The monoisotopic (exact) mass is 555 g/mol. The molecule has 1 saturated carbocycles. The predicted octanol–water partition coefficient (Wildman–Crippen LogP) is 5.04. The molecular weight excluding hydrogens is 514 g/mol. The van der Waals surface area contributed by atoms with Gasteiger partial charge in [-0.1, -0.05) is 95.2 Å². The van der Waals surface area contributed by atoms with Crippen LogP contribution in [0.25, 0.3) is 0 Å². The smallest absolute Gasteiger partial charge is 0.246 e. The van der Waals surface area contributed by atoms with E-state index in [4.69, 9.17) is 4.74 Å².